The Bertz CT molecular complexity index is 805. The van der Waals surface area contributed by atoms with Crippen molar-refractivity contribution >= 4 is 30.7 Å². The van der Waals surface area contributed by atoms with E-state index in [9.17, 15) is 9.59 Å². The summed E-state index contributed by atoms with van der Waals surface area (Å²) in [4.78, 5) is 23.9. The second kappa shape index (κ2) is 10.7. The Morgan fingerprint density at radius 1 is 1.19 bits per heavy atom. The number of amides is 2. The van der Waals surface area contributed by atoms with Gasteiger partial charge in [0.2, 0.25) is 5.91 Å². The summed E-state index contributed by atoms with van der Waals surface area (Å²) >= 11 is 6.00. The van der Waals surface area contributed by atoms with E-state index in [4.69, 9.17) is 35.5 Å². The molecule has 0 aromatic heterocycles. The van der Waals surface area contributed by atoms with Gasteiger partial charge < -0.3 is 34.5 Å². The van der Waals surface area contributed by atoms with Gasteiger partial charge >= 0.3 is 13.2 Å². The van der Waals surface area contributed by atoms with Gasteiger partial charge in [0.25, 0.3) is 0 Å². The van der Waals surface area contributed by atoms with Gasteiger partial charge in [-0.15, -0.1) is 0 Å². The largest absolute Gasteiger partial charge is 0.493 e. The highest BCUT2D eigenvalue weighted by Gasteiger charge is 2.54. The molecule has 0 spiro atoms. The Hall–Kier alpha value is -2.01. The van der Waals surface area contributed by atoms with Crippen LogP contribution < -0.4 is 15.4 Å². The first-order chi connectivity index (χ1) is 14.9. The molecule has 0 bridgehead atoms. The number of carbonyl (C=O) groups excluding carboxylic acids is 1. The van der Waals surface area contributed by atoms with Crippen LogP contribution in [-0.2, 0) is 18.8 Å². The van der Waals surface area contributed by atoms with E-state index in [1.54, 1.807) is 18.2 Å². The highest BCUT2D eigenvalue weighted by Crippen LogP contribution is 2.38. The number of aryl methyl sites for hydroxylation is 1. The number of rotatable bonds is 10. The molecule has 0 saturated carbocycles. The molecule has 2 rings (SSSR count). The molecular weight excluding hydrogens is 439 g/mol. The molecule has 1 aromatic rings. The maximum absolute atomic E-state index is 12.8. The zero-order valence-corrected chi connectivity index (χ0v) is 20.1. The van der Waals surface area contributed by atoms with Crippen LogP contribution >= 0.6 is 11.6 Å². The monoisotopic (exact) mass is 470 g/mol. The van der Waals surface area contributed by atoms with Gasteiger partial charge in [-0.1, -0.05) is 11.6 Å². The Morgan fingerprint density at radius 2 is 1.81 bits per heavy atom. The highest BCUT2D eigenvalue weighted by molar-refractivity contribution is 6.48. The first-order valence-corrected chi connectivity index (χ1v) is 10.8. The van der Waals surface area contributed by atoms with E-state index < -0.39 is 42.3 Å². The van der Waals surface area contributed by atoms with Crippen LogP contribution in [0.2, 0.25) is 5.02 Å². The van der Waals surface area contributed by atoms with Gasteiger partial charge in [0.05, 0.1) is 30.4 Å². The molecule has 1 fully saturated rings. The Kier molecular flexibility index (Phi) is 8.81. The lowest BCUT2D eigenvalue weighted by Gasteiger charge is -2.32. The van der Waals surface area contributed by atoms with Crippen LogP contribution in [-0.4, -0.2) is 67.7 Å². The van der Waals surface area contributed by atoms with E-state index in [1.807, 2.05) is 34.6 Å². The van der Waals surface area contributed by atoms with Gasteiger partial charge in [-0.05, 0) is 58.4 Å². The van der Waals surface area contributed by atoms with Gasteiger partial charge in [0.15, 0.2) is 0 Å². The van der Waals surface area contributed by atoms with E-state index in [2.05, 4.69) is 10.6 Å². The van der Waals surface area contributed by atoms with E-state index in [0.717, 1.165) is 5.56 Å². The maximum atomic E-state index is 12.8. The van der Waals surface area contributed by atoms with Crippen molar-refractivity contribution in [3.05, 3.63) is 28.8 Å². The number of ether oxygens (including phenoxy) is 2. The van der Waals surface area contributed by atoms with E-state index in [-0.39, 0.29) is 13.2 Å². The van der Waals surface area contributed by atoms with Crippen LogP contribution in [0.4, 0.5) is 4.79 Å². The second-order valence-electron chi connectivity index (χ2n) is 8.74. The summed E-state index contributed by atoms with van der Waals surface area (Å²) in [7, 11) is 0.643. The van der Waals surface area contributed by atoms with Gasteiger partial charge in [0.1, 0.15) is 11.8 Å². The predicted molar refractivity (Wildman–Crippen MR) is 121 cm³/mol. The summed E-state index contributed by atoms with van der Waals surface area (Å²) in [5.74, 6) is -0.457. The highest BCUT2D eigenvalue weighted by atomic mass is 35.5. The summed E-state index contributed by atoms with van der Waals surface area (Å²) in [6, 6.07) is 4.24. The fourth-order valence-corrected chi connectivity index (χ4v) is 3.41. The predicted octanol–water partition coefficient (Wildman–Crippen LogP) is 2.82. The third kappa shape index (κ3) is 6.75. The molecule has 1 aliphatic heterocycles. The minimum Gasteiger partial charge on any atom is -0.493 e. The van der Waals surface area contributed by atoms with Gasteiger partial charge in [-0.2, -0.15) is 0 Å². The van der Waals surface area contributed by atoms with Crippen LogP contribution in [0.25, 0.3) is 0 Å². The molecule has 0 unspecified atom stereocenters. The SMILES string of the molecule is COC[C@@H](NC(=O)O)C(=O)N[C@H](CCOc1ccc(Cl)cc1C)B1OC(C)(C)C(C)(C)O1. The van der Waals surface area contributed by atoms with Crippen LogP contribution in [0.3, 0.4) is 0 Å². The number of hydrogen-bond donors (Lipinski definition) is 3. The van der Waals surface area contributed by atoms with Crippen molar-refractivity contribution in [1.29, 1.82) is 0 Å². The zero-order valence-electron chi connectivity index (χ0n) is 19.4. The normalized spacial score (nSPS) is 18.7. The third-order valence-electron chi connectivity index (χ3n) is 5.70. The minimum absolute atomic E-state index is 0.116. The lowest BCUT2D eigenvalue weighted by atomic mass is 9.76. The van der Waals surface area contributed by atoms with Crippen LogP contribution in [0.15, 0.2) is 18.2 Å². The topological polar surface area (TPSA) is 115 Å². The number of carbonyl (C=O) groups is 2. The summed E-state index contributed by atoms with van der Waals surface area (Å²) in [5.41, 5.74) is -0.307. The van der Waals surface area contributed by atoms with Crippen molar-refractivity contribution in [3.8, 4) is 5.75 Å². The summed E-state index contributed by atoms with van der Waals surface area (Å²) in [5, 5.41) is 14.6. The Balaban J connectivity index is 2.13. The summed E-state index contributed by atoms with van der Waals surface area (Å²) in [6.07, 6.45) is -0.965. The summed E-state index contributed by atoms with van der Waals surface area (Å²) < 4.78 is 23.1. The number of carboxylic acid groups (broad SMARTS) is 1. The molecule has 9 nitrogen and oxygen atoms in total. The Labute approximate surface area is 194 Å². The first kappa shape index (κ1) is 26.2. The third-order valence-corrected chi connectivity index (χ3v) is 5.93. The van der Waals surface area contributed by atoms with Crippen molar-refractivity contribution in [3.63, 3.8) is 0 Å². The number of benzene rings is 1. The average molecular weight is 471 g/mol. The molecule has 0 aliphatic carbocycles. The molecule has 1 heterocycles. The molecular formula is C21H32BClN2O7. The maximum Gasteiger partial charge on any atom is 0.481 e. The lowest BCUT2D eigenvalue weighted by molar-refractivity contribution is -0.124. The smallest absolute Gasteiger partial charge is 0.481 e. The van der Waals surface area contributed by atoms with E-state index >= 15 is 0 Å². The van der Waals surface area contributed by atoms with Crippen molar-refractivity contribution in [1.82, 2.24) is 10.6 Å². The first-order valence-electron chi connectivity index (χ1n) is 10.4. The van der Waals surface area contributed by atoms with Crippen molar-refractivity contribution in [2.24, 2.45) is 0 Å². The van der Waals surface area contributed by atoms with Crippen molar-refractivity contribution in [2.45, 2.75) is 64.2 Å². The van der Waals surface area contributed by atoms with Gasteiger partial charge in [0, 0.05) is 18.6 Å². The number of nitrogens with one attached hydrogen (secondary N) is 2. The molecule has 178 valence electrons. The van der Waals surface area contributed by atoms with Crippen LogP contribution in [0, 0.1) is 6.92 Å². The molecule has 2 amide bonds. The summed E-state index contributed by atoms with van der Waals surface area (Å²) in [6.45, 7) is 9.70. The molecule has 32 heavy (non-hydrogen) atoms. The zero-order chi connectivity index (χ0) is 24.1. The fourth-order valence-electron chi connectivity index (χ4n) is 3.18. The van der Waals surface area contributed by atoms with E-state index in [0.29, 0.717) is 17.2 Å². The Morgan fingerprint density at radius 3 is 2.34 bits per heavy atom. The second-order valence-corrected chi connectivity index (χ2v) is 9.18. The molecule has 1 aliphatic rings. The van der Waals surface area contributed by atoms with Crippen LogP contribution in [0.5, 0.6) is 5.75 Å². The van der Waals surface area contributed by atoms with Crippen LogP contribution in [0.1, 0.15) is 39.7 Å². The lowest BCUT2D eigenvalue weighted by Crippen LogP contribution is -2.56. The quantitative estimate of drug-likeness (QED) is 0.450. The standard InChI is InChI=1S/C21H32BClN2O7/c1-13-11-14(23)7-8-16(13)30-10-9-17(22-31-20(2,3)21(4,5)32-22)25-18(26)15(12-29-6)24-19(27)28/h7-8,11,15,17,24H,9-10,12H2,1-6H3,(H,25,26)(H,27,28)/t15-,17-/m1/s1. The van der Waals surface area contributed by atoms with Crippen molar-refractivity contribution in [2.75, 3.05) is 20.3 Å². The number of hydrogen-bond acceptors (Lipinski definition) is 6. The molecule has 3 N–H and O–H groups in total. The molecule has 0 radical (unpaired) electrons. The van der Waals surface area contributed by atoms with Crippen molar-refractivity contribution < 1.29 is 33.5 Å². The molecule has 1 aromatic carbocycles. The molecule has 1 saturated heterocycles. The van der Waals surface area contributed by atoms with Gasteiger partial charge in [-0.25, -0.2) is 4.79 Å². The average Bonchev–Trinajstić information content (AvgIpc) is 2.89. The fraction of sp³-hybridized carbons (Fsp3) is 0.619. The number of halogens is 1. The minimum atomic E-state index is -1.32. The molecule has 2 atom stereocenters. The number of methoxy groups -OCH3 is 1. The van der Waals surface area contributed by atoms with E-state index in [1.165, 1.54) is 7.11 Å². The molecule has 11 heteroatoms. The van der Waals surface area contributed by atoms with Gasteiger partial charge in [-0.3, -0.25) is 4.79 Å².